The van der Waals surface area contributed by atoms with E-state index in [1.807, 2.05) is 12.1 Å². The molecule has 1 fully saturated rings. The van der Waals surface area contributed by atoms with Crippen LogP contribution in [0.4, 0.5) is 0 Å². The molecule has 1 aliphatic rings. The molecule has 2 aromatic rings. The highest BCUT2D eigenvalue weighted by atomic mass is 35.5. The lowest BCUT2D eigenvalue weighted by atomic mass is 10.0. The summed E-state index contributed by atoms with van der Waals surface area (Å²) in [4.78, 5) is 19.2. The SMILES string of the molecule is O=C(c1cnc(C#Cc2cccc(Cl)c2)s1)N1CCCCC1CO. The molecule has 4 nitrogen and oxygen atoms in total. The molecule has 1 N–H and O–H groups in total. The predicted molar refractivity (Wildman–Crippen MR) is 95.3 cm³/mol. The summed E-state index contributed by atoms with van der Waals surface area (Å²) in [5.41, 5.74) is 0.807. The highest BCUT2D eigenvalue weighted by Crippen LogP contribution is 2.22. The molecular weight excluding hydrogens is 344 g/mol. The molecular formula is C18H17ClN2O2S. The van der Waals surface area contributed by atoms with Gasteiger partial charge in [0.2, 0.25) is 0 Å². The summed E-state index contributed by atoms with van der Waals surface area (Å²) in [5.74, 6) is 5.90. The third-order valence-corrected chi connectivity index (χ3v) is 5.09. The van der Waals surface area contributed by atoms with E-state index in [4.69, 9.17) is 11.6 Å². The molecule has 0 saturated carbocycles. The summed E-state index contributed by atoms with van der Waals surface area (Å²) in [7, 11) is 0. The van der Waals surface area contributed by atoms with Gasteiger partial charge in [-0.15, -0.1) is 11.3 Å². The van der Waals surface area contributed by atoms with Crippen LogP contribution in [0.5, 0.6) is 0 Å². The fourth-order valence-electron chi connectivity index (χ4n) is 2.72. The first-order chi connectivity index (χ1) is 11.7. The number of likely N-dealkylation sites (tertiary alicyclic amines) is 1. The van der Waals surface area contributed by atoms with Crippen molar-refractivity contribution in [2.24, 2.45) is 0 Å². The van der Waals surface area contributed by atoms with Crippen LogP contribution < -0.4 is 0 Å². The van der Waals surface area contributed by atoms with Crippen molar-refractivity contribution in [3.05, 3.63) is 50.9 Å². The van der Waals surface area contributed by atoms with Crippen molar-refractivity contribution in [3.63, 3.8) is 0 Å². The second-order valence-corrected chi connectivity index (χ2v) is 7.09. The summed E-state index contributed by atoms with van der Waals surface area (Å²) < 4.78 is 0. The number of benzene rings is 1. The molecule has 124 valence electrons. The van der Waals surface area contributed by atoms with Crippen molar-refractivity contribution in [1.82, 2.24) is 9.88 Å². The molecule has 0 aliphatic carbocycles. The van der Waals surface area contributed by atoms with Gasteiger partial charge in [0.1, 0.15) is 4.88 Å². The first kappa shape index (κ1) is 17.0. The number of thiazole rings is 1. The van der Waals surface area contributed by atoms with Crippen LogP contribution >= 0.6 is 22.9 Å². The summed E-state index contributed by atoms with van der Waals surface area (Å²) in [6.45, 7) is 0.692. The van der Waals surface area contributed by atoms with Crippen LogP contribution in [0.15, 0.2) is 30.5 Å². The van der Waals surface area contributed by atoms with Crippen molar-refractivity contribution >= 4 is 28.8 Å². The lowest BCUT2D eigenvalue weighted by Gasteiger charge is -2.34. The van der Waals surface area contributed by atoms with E-state index in [0.29, 0.717) is 21.5 Å². The zero-order chi connectivity index (χ0) is 16.9. The number of amides is 1. The standard InChI is InChI=1S/C18H17ClN2O2S/c19-14-5-3-4-13(10-14)7-8-17-20-11-16(24-17)18(23)21-9-2-1-6-15(21)12-22/h3-5,10-11,15,22H,1-2,6,9,12H2. The molecule has 1 aromatic carbocycles. The Morgan fingerprint density at radius 1 is 1.42 bits per heavy atom. The quantitative estimate of drug-likeness (QED) is 0.837. The third-order valence-electron chi connectivity index (χ3n) is 3.95. The number of carbonyl (C=O) groups excluding carboxylic acids is 1. The monoisotopic (exact) mass is 360 g/mol. The molecule has 1 aliphatic heterocycles. The van der Waals surface area contributed by atoms with E-state index in [2.05, 4.69) is 16.8 Å². The summed E-state index contributed by atoms with van der Waals surface area (Å²) in [6, 6.07) is 7.21. The molecule has 2 heterocycles. The Hall–Kier alpha value is -1.87. The largest absolute Gasteiger partial charge is 0.394 e. The van der Waals surface area contributed by atoms with Crippen LogP contribution in [0.2, 0.25) is 5.02 Å². The lowest BCUT2D eigenvalue weighted by molar-refractivity contribution is 0.0507. The molecule has 6 heteroatoms. The van der Waals surface area contributed by atoms with E-state index < -0.39 is 0 Å². The highest BCUT2D eigenvalue weighted by molar-refractivity contribution is 7.14. The molecule has 1 saturated heterocycles. The minimum absolute atomic E-state index is 0.00593. The van der Waals surface area contributed by atoms with Crippen LogP contribution in [0.25, 0.3) is 0 Å². The van der Waals surface area contributed by atoms with Crippen LogP contribution in [0.1, 0.15) is 39.5 Å². The van der Waals surface area contributed by atoms with Gasteiger partial charge in [-0.3, -0.25) is 4.79 Å². The van der Waals surface area contributed by atoms with Crippen molar-refractivity contribution < 1.29 is 9.90 Å². The number of piperidine rings is 1. The molecule has 1 aromatic heterocycles. The molecule has 1 unspecified atom stereocenters. The first-order valence-electron chi connectivity index (χ1n) is 7.82. The molecule has 24 heavy (non-hydrogen) atoms. The Morgan fingerprint density at radius 3 is 3.08 bits per heavy atom. The fourth-order valence-corrected chi connectivity index (χ4v) is 3.64. The van der Waals surface area contributed by atoms with Gasteiger partial charge in [0, 0.05) is 17.1 Å². The number of hydrogen-bond acceptors (Lipinski definition) is 4. The number of nitrogens with zero attached hydrogens (tertiary/aromatic N) is 2. The number of halogens is 1. The van der Waals surface area contributed by atoms with E-state index in [1.54, 1.807) is 23.2 Å². The summed E-state index contributed by atoms with van der Waals surface area (Å²) in [6.07, 6.45) is 4.44. The number of rotatable bonds is 2. The summed E-state index contributed by atoms with van der Waals surface area (Å²) >= 11 is 7.21. The van der Waals surface area contributed by atoms with Crippen molar-refractivity contribution in [1.29, 1.82) is 0 Å². The second kappa shape index (κ2) is 7.80. The normalized spacial score (nSPS) is 17.2. The maximum absolute atomic E-state index is 12.6. The molecule has 0 bridgehead atoms. The van der Waals surface area contributed by atoms with Gasteiger partial charge in [0.25, 0.3) is 5.91 Å². The predicted octanol–water partition coefficient (Wildman–Crippen LogP) is 3.18. The maximum Gasteiger partial charge on any atom is 0.265 e. The van der Waals surface area contributed by atoms with Gasteiger partial charge < -0.3 is 10.0 Å². The van der Waals surface area contributed by atoms with Gasteiger partial charge in [-0.1, -0.05) is 23.6 Å². The van der Waals surface area contributed by atoms with Crippen LogP contribution in [-0.4, -0.2) is 40.1 Å². The van der Waals surface area contributed by atoms with Crippen molar-refractivity contribution in [2.45, 2.75) is 25.3 Å². The average molecular weight is 361 g/mol. The maximum atomic E-state index is 12.6. The third kappa shape index (κ3) is 3.96. The van der Waals surface area contributed by atoms with Gasteiger partial charge >= 0.3 is 0 Å². The molecule has 1 amide bonds. The van der Waals surface area contributed by atoms with E-state index in [0.717, 1.165) is 24.8 Å². The minimum Gasteiger partial charge on any atom is -0.394 e. The van der Waals surface area contributed by atoms with Crippen LogP contribution in [-0.2, 0) is 0 Å². The van der Waals surface area contributed by atoms with Gasteiger partial charge in [-0.25, -0.2) is 4.98 Å². The summed E-state index contributed by atoms with van der Waals surface area (Å²) in [5, 5.41) is 10.7. The van der Waals surface area contributed by atoms with Gasteiger partial charge in [-0.2, -0.15) is 0 Å². The molecule has 3 rings (SSSR count). The van der Waals surface area contributed by atoms with Crippen LogP contribution in [0, 0.1) is 11.8 Å². The van der Waals surface area contributed by atoms with Gasteiger partial charge in [-0.05, 0) is 43.4 Å². The fraction of sp³-hybridized carbons (Fsp3) is 0.333. The lowest BCUT2D eigenvalue weighted by Crippen LogP contribution is -2.45. The van der Waals surface area contributed by atoms with E-state index >= 15 is 0 Å². The van der Waals surface area contributed by atoms with E-state index in [1.165, 1.54) is 11.3 Å². The molecule has 0 radical (unpaired) electrons. The minimum atomic E-state index is -0.0886. The van der Waals surface area contributed by atoms with Crippen molar-refractivity contribution in [2.75, 3.05) is 13.2 Å². The number of aliphatic hydroxyl groups is 1. The Labute approximate surface area is 150 Å². The first-order valence-corrected chi connectivity index (χ1v) is 9.02. The Balaban J connectivity index is 1.74. The Bertz CT molecular complexity index is 794. The molecule has 1 atom stereocenters. The second-order valence-electron chi connectivity index (χ2n) is 5.62. The number of hydrogen-bond donors (Lipinski definition) is 1. The zero-order valence-corrected chi connectivity index (χ0v) is 14.6. The van der Waals surface area contributed by atoms with Crippen LogP contribution in [0.3, 0.4) is 0 Å². The zero-order valence-electron chi connectivity index (χ0n) is 13.0. The van der Waals surface area contributed by atoms with Gasteiger partial charge in [0.15, 0.2) is 5.01 Å². The smallest absolute Gasteiger partial charge is 0.265 e. The van der Waals surface area contributed by atoms with Crippen molar-refractivity contribution in [3.8, 4) is 11.8 Å². The number of aromatic nitrogens is 1. The topological polar surface area (TPSA) is 53.4 Å². The number of aliphatic hydroxyl groups excluding tert-OH is 1. The number of carbonyl (C=O) groups is 1. The highest BCUT2D eigenvalue weighted by Gasteiger charge is 2.27. The average Bonchev–Trinajstić information content (AvgIpc) is 3.08. The Morgan fingerprint density at radius 2 is 2.29 bits per heavy atom. The Kier molecular flexibility index (Phi) is 5.52. The van der Waals surface area contributed by atoms with E-state index in [-0.39, 0.29) is 18.6 Å². The van der Waals surface area contributed by atoms with Gasteiger partial charge in [0.05, 0.1) is 18.8 Å². The van der Waals surface area contributed by atoms with E-state index in [9.17, 15) is 9.90 Å². The molecule has 0 spiro atoms.